The fourth-order valence-electron chi connectivity index (χ4n) is 3.39. The van der Waals surface area contributed by atoms with E-state index < -0.39 is 42.2 Å². The first-order valence-electron chi connectivity index (χ1n) is 11.5. The highest BCUT2D eigenvalue weighted by atomic mass is 35.5. The number of ether oxygens (including phenoxy) is 2. The van der Waals surface area contributed by atoms with E-state index in [1.165, 1.54) is 0 Å². The van der Waals surface area contributed by atoms with E-state index in [0.29, 0.717) is 28.7 Å². The molecule has 0 amide bonds. The monoisotopic (exact) mass is 541 g/mol. The zero-order chi connectivity index (χ0) is 27.0. The van der Waals surface area contributed by atoms with Gasteiger partial charge in [0.15, 0.2) is 0 Å². The number of imidazole rings is 1. The highest BCUT2D eigenvalue weighted by Crippen LogP contribution is 2.21. The van der Waals surface area contributed by atoms with Gasteiger partial charge in [-0.2, -0.15) is 0 Å². The number of aliphatic carboxylic acids is 1. The number of nitrogens with one attached hydrogen (secondary N) is 1. The summed E-state index contributed by atoms with van der Waals surface area (Å²) in [6.07, 6.45) is 3.55. The van der Waals surface area contributed by atoms with Crippen molar-refractivity contribution in [3.8, 4) is 0 Å². The molecule has 198 valence electrons. The van der Waals surface area contributed by atoms with Crippen LogP contribution in [0.3, 0.4) is 0 Å². The van der Waals surface area contributed by atoms with Gasteiger partial charge in [-0.25, -0.2) is 4.98 Å². The zero-order valence-electron chi connectivity index (χ0n) is 21.1. The van der Waals surface area contributed by atoms with Gasteiger partial charge in [0.25, 0.3) is 0 Å². The highest BCUT2D eigenvalue weighted by Gasteiger charge is 2.30. The number of esters is 2. The Balaban J connectivity index is 2.11. The van der Waals surface area contributed by atoms with Crippen molar-refractivity contribution in [3.63, 3.8) is 0 Å². The molecular formula is C25H33Cl2N3O6. The topological polar surface area (TPSA) is 120 Å². The summed E-state index contributed by atoms with van der Waals surface area (Å²) in [7, 11) is 0. The number of hydrogen-bond donors (Lipinski definition) is 2. The van der Waals surface area contributed by atoms with E-state index in [4.69, 9.17) is 32.7 Å². The Morgan fingerprint density at radius 1 is 1.08 bits per heavy atom. The lowest BCUT2D eigenvalue weighted by molar-refractivity contribution is -0.174. The van der Waals surface area contributed by atoms with Crippen molar-refractivity contribution in [2.75, 3.05) is 6.79 Å². The molecular weight excluding hydrogens is 509 g/mol. The molecule has 2 N–H and O–H groups in total. The second-order valence-corrected chi connectivity index (χ2v) is 10.9. The highest BCUT2D eigenvalue weighted by molar-refractivity contribution is 6.34. The van der Waals surface area contributed by atoms with Crippen LogP contribution in [0.5, 0.6) is 0 Å². The van der Waals surface area contributed by atoms with Gasteiger partial charge < -0.3 is 19.1 Å². The average molecular weight is 542 g/mol. The molecule has 2 atom stereocenters. The second-order valence-electron chi connectivity index (χ2n) is 10.00. The van der Waals surface area contributed by atoms with Gasteiger partial charge in [0.1, 0.15) is 12.1 Å². The third-order valence-corrected chi connectivity index (χ3v) is 5.62. The molecule has 0 saturated heterocycles. The molecule has 0 bridgehead atoms. The van der Waals surface area contributed by atoms with Crippen molar-refractivity contribution in [3.05, 3.63) is 52.0 Å². The van der Waals surface area contributed by atoms with Crippen LogP contribution in [0.15, 0.2) is 30.7 Å². The molecule has 2 aromatic rings. The molecule has 0 spiro atoms. The van der Waals surface area contributed by atoms with Gasteiger partial charge in [-0.1, -0.05) is 37.0 Å². The number of aromatic nitrogens is 2. The molecule has 1 aromatic heterocycles. The SMILES string of the molecule is CC(C)CC(NC(Cc1cncn1Cc1cc(Cl)cc(Cl)c1)C(=O)O)C(=O)OCOC(=O)C(C)(C)C. The van der Waals surface area contributed by atoms with Crippen LogP contribution in [0.2, 0.25) is 10.0 Å². The van der Waals surface area contributed by atoms with E-state index >= 15 is 0 Å². The number of carboxylic acid groups (broad SMARTS) is 1. The summed E-state index contributed by atoms with van der Waals surface area (Å²) in [4.78, 5) is 40.9. The second kappa shape index (κ2) is 13.1. The molecule has 9 nitrogen and oxygen atoms in total. The standard InChI is InChI=1S/C25H33Cl2N3O6/c1-15(2)6-21(23(33)35-14-36-24(34)25(3,4)5)29-20(22(31)32)10-19-11-28-13-30(19)12-16-7-17(26)9-18(27)8-16/h7-9,11,13,15,20-21,29H,6,10,12,14H2,1-5H3,(H,31,32). The van der Waals surface area contributed by atoms with Gasteiger partial charge in [-0.3, -0.25) is 19.7 Å². The molecule has 2 unspecified atom stereocenters. The number of carbonyl (C=O) groups is 3. The molecule has 11 heteroatoms. The van der Waals surface area contributed by atoms with Gasteiger partial charge in [0.05, 0.1) is 11.7 Å². The van der Waals surface area contributed by atoms with Crippen molar-refractivity contribution in [1.82, 2.24) is 14.9 Å². The third-order valence-electron chi connectivity index (χ3n) is 5.18. The smallest absolute Gasteiger partial charge is 0.326 e. The Labute approximate surface area is 221 Å². The van der Waals surface area contributed by atoms with Crippen molar-refractivity contribution in [2.45, 2.75) is 66.1 Å². The Hall–Kier alpha value is -2.62. The summed E-state index contributed by atoms with van der Waals surface area (Å²) < 4.78 is 11.9. The molecule has 0 fully saturated rings. The number of carbonyl (C=O) groups excluding carboxylic acids is 2. The summed E-state index contributed by atoms with van der Waals surface area (Å²) in [6.45, 7) is 8.71. The number of rotatable bonds is 12. The van der Waals surface area contributed by atoms with Gasteiger partial charge in [0.2, 0.25) is 6.79 Å². The van der Waals surface area contributed by atoms with Crippen LogP contribution >= 0.6 is 23.2 Å². The molecule has 1 aromatic carbocycles. The molecule has 0 radical (unpaired) electrons. The van der Waals surface area contributed by atoms with E-state index in [1.807, 2.05) is 13.8 Å². The van der Waals surface area contributed by atoms with E-state index in [-0.39, 0.29) is 12.3 Å². The molecule has 2 rings (SSSR count). The number of nitrogens with zero attached hydrogens (tertiary/aromatic N) is 2. The van der Waals surface area contributed by atoms with Crippen LogP contribution in [0, 0.1) is 11.3 Å². The van der Waals surface area contributed by atoms with E-state index in [2.05, 4.69) is 10.3 Å². The van der Waals surface area contributed by atoms with Gasteiger partial charge in [0, 0.05) is 34.9 Å². The molecule has 1 heterocycles. The average Bonchev–Trinajstić information content (AvgIpc) is 3.17. The normalized spacial score (nSPS) is 13.3. The van der Waals surface area contributed by atoms with E-state index in [0.717, 1.165) is 5.56 Å². The molecule has 0 aliphatic rings. The Morgan fingerprint density at radius 2 is 1.72 bits per heavy atom. The summed E-state index contributed by atoms with van der Waals surface area (Å²) in [5.74, 6) is -2.27. The molecule has 0 saturated carbocycles. The largest absolute Gasteiger partial charge is 0.480 e. The summed E-state index contributed by atoms with van der Waals surface area (Å²) in [6, 6.07) is 3.15. The maximum absolute atomic E-state index is 12.7. The van der Waals surface area contributed by atoms with Crippen LogP contribution in [0.4, 0.5) is 0 Å². The maximum atomic E-state index is 12.7. The Kier molecular flexibility index (Phi) is 10.8. The molecule has 36 heavy (non-hydrogen) atoms. The lowest BCUT2D eigenvalue weighted by Crippen LogP contribution is -2.49. The number of benzene rings is 1. The van der Waals surface area contributed by atoms with Crippen molar-refractivity contribution < 1.29 is 29.0 Å². The Bertz CT molecular complexity index is 1040. The fraction of sp³-hybridized carbons (Fsp3) is 0.520. The van der Waals surface area contributed by atoms with Crippen molar-refractivity contribution >= 4 is 41.1 Å². The first-order chi connectivity index (χ1) is 16.8. The van der Waals surface area contributed by atoms with Crippen LogP contribution < -0.4 is 5.32 Å². The van der Waals surface area contributed by atoms with Crippen molar-refractivity contribution in [1.29, 1.82) is 0 Å². The fourth-order valence-corrected chi connectivity index (χ4v) is 3.96. The Morgan fingerprint density at radius 3 is 2.28 bits per heavy atom. The summed E-state index contributed by atoms with van der Waals surface area (Å²) in [5, 5.41) is 13.8. The first-order valence-corrected chi connectivity index (χ1v) is 12.3. The van der Waals surface area contributed by atoms with E-state index in [9.17, 15) is 19.5 Å². The van der Waals surface area contributed by atoms with Crippen LogP contribution in [-0.4, -0.2) is 51.4 Å². The predicted molar refractivity (Wildman–Crippen MR) is 136 cm³/mol. The third kappa shape index (κ3) is 9.44. The van der Waals surface area contributed by atoms with Gasteiger partial charge in [-0.15, -0.1) is 0 Å². The predicted octanol–water partition coefficient (Wildman–Crippen LogP) is 4.33. The first kappa shape index (κ1) is 29.6. The number of halogens is 2. The molecule has 0 aliphatic carbocycles. The maximum Gasteiger partial charge on any atom is 0.326 e. The summed E-state index contributed by atoms with van der Waals surface area (Å²) in [5.41, 5.74) is 0.731. The molecule has 0 aliphatic heterocycles. The minimum atomic E-state index is -1.13. The van der Waals surface area contributed by atoms with Crippen LogP contribution in [-0.2, 0) is 36.8 Å². The van der Waals surface area contributed by atoms with Crippen LogP contribution in [0.25, 0.3) is 0 Å². The lowest BCUT2D eigenvalue weighted by atomic mass is 9.98. The van der Waals surface area contributed by atoms with E-state index in [1.54, 1.807) is 56.1 Å². The zero-order valence-corrected chi connectivity index (χ0v) is 22.6. The minimum Gasteiger partial charge on any atom is -0.480 e. The quantitative estimate of drug-likeness (QED) is 0.301. The van der Waals surface area contributed by atoms with Gasteiger partial charge in [-0.05, 0) is 56.9 Å². The number of carboxylic acids is 1. The summed E-state index contributed by atoms with van der Waals surface area (Å²) >= 11 is 12.2. The lowest BCUT2D eigenvalue weighted by Gasteiger charge is -2.24. The van der Waals surface area contributed by atoms with Crippen LogP contribution in [0.1, 0.15) is 52.3 Å². The van der Waals surface area contributed by atoms with Crippen molar-refractivity contribution in [2.24, 2.45) is 11.3 Å². The number of hydrogen-bond acceptors (Lipinski definition) is 7. The minimum absolute atomic E-state index is 0.0600. The van der Waals surface area contributed by atoms with Gasteiger partial charge >= 0.3 is 17.9 Å².